The normalized spacial score (nSPS) is 14.5. The minimum atomic E-state index is -0.230. The van der Waals surface area contributed by atoms with Gasteiger partial charge in [-0.25, -0.2) is 0 Å². The Balaban J connectivity index is 0.815. The molecule has 480 valence electrons. The first-order chi connectivity index (χ1) is 51.5. The van der Waals surface area contributed by atoms with Gasteiger partial charge in [0.05, 0.1) is 11.4 Å². The van der Waals surface area contributed by atoms with E-state index in [2.05, 4.69) is 370 Å². The van der Waals surface area contributed by atoms with E-state index in [-0.39, 0.29) is 26.9 Å². The van der Waals surface area contributed by atoms with Gasteiger partial charge in [-0.2, -0.15) is 0 Å². The highest BCUT2D eigenvalue weighted by molar-refractivity contribution is 7.06. The molecule has 15 aromatic carbocycles. The maximum absolute atomic E-state index is 7.48. The molecule has 0 unspecified atom stereocenters. The SMILES string of the molecule is Cc1cc2c3c(c1)N(c1ccccc1)c1cc4c(cc1B3c1ccccc1N2c1ccccc1)N(c1ccccc1)c1cc2c3c5c1B4c1cccc4c1N5c1c(cccc1B3c1cc3c(cc1N2c1ccccc1)N(c1ccccc1)c1cc(C)cc2c1B3c1ccccc1N2c1ccccc1)O4. The van der Waals surface area contributed by atoms with Gasteiger partial charge in [0.25, 0.3) is 26.9 Å². The van der Waals surface area contributed by atoms with Crippen molar-refractivity contribution >= 4 is 212 Å². The van der Waals surface area contributed by atoms with Crippen molar-refractivity contribution in [2.75, 3.05) is 34.3 Å². The maximum Gasteiger partial charge on any atom is 0.252 e. The summed E-state index contributed by atoms with van der Waals surface area (Å²) >= 11 is 0. The van der Waals surface area contributed by atoms with Crippen LogP contribution in [0.25, 0.3) is 0 Å². The van der Waals surface area contributed by atoms with Crippen LogP contribution in [-0.2, 0) is 0 Å². The molecule has 0 spiro atoms. The Labute approximate surface area is 605 Å². The van der Waals surface area contributed by atoms with E-state index in [1.165, 1.54) is 122 Å². The van der Waals surface area contributed by atoms with Gasteiger partial charge in [-0.05, 0) is 236 Å². The van der Waals surface area contributed by atoms with Crippen LogP contribution >= 0.6 is 0 Å². The second-order valence-electron chi connectivity index (χ2n) is 29.2. The van der Waals surface area contributed by atoms with Crippen molar-refractivity contribution in [1.82, 2.24) is 0 Å². The van der Waals surface area contributed by atoms with Gasteiger partial charge < -0.3 is 39.0 Å². The first kappa shape index (κ1) is 56.7. The monoisotopic (exact) mass is 1320 g/mol. The standard InChI is InChI=1S/C92H59B4N7O/c1-56-48-79-87-80(49-56)99(60-31-13-5-14-32-60)74-53-71-75(52-70(74)94(87)65-40-22-24-44-73(65)98(79)59-29-11-4-12-30-59)100(61-33-15-6-16-34-61)82-55-83-88-92-89(82)96(71)67-42-26-46-85-91(67)103(92)90-66(41-25-45-84(90)104-85)95(88)69-51-68-76(54-77(69)102(83)63-37-19-8-20-38-63)101(62-35-17-7-18-36-62)81-50-57(2)47-78-86(81)93(68)64-39-21-23-43-72(64)97(78)58-27-9-3-10-28-58/h3-55H,1-2H3. The number of fused-ring (bicyclic) bond motifs is 14. The van der Waals surface area contributed by atoms with Crippen LogP contribution < -0.4 is 105 Å². The Morgan fingerprint density at radius 2 is 0.462 bits per heavy atom. The Hall–Kier alpha value is -13.0. The Morgan fingerprint density at radius 3 is 0.817 bits per heavy atom. The molecule has 0 bridgehead atoms. The summed E-state index contributed by atoms with van der Waals surface area (Å²) in [5.74, 6) is 1.73. The van der Waals surface area contributed by atoms with E-state index in [9.17, 15) is 0 Å². The Kier molecular flexibility index (Phi) is 11.3. The van der Waals surface area contributed by atoms with Gasteiger partial charge >= 0.3 is 0 Å². The molecule has 24 rings (SSSR count). The molecule has 0 saturated heterocycles. The van der Waals surface area contributed by atoms with Crippen LogP contribution in [0.5, 0.6) is 11.5 Å². The van der Waals surface area contributed by atoms with Gasteiger partial charge in [0, 0.05) is 108 Å². The molecule has 0 amide bonds. The molecule has 9 heterocycles. The summed E-state index contributed by atoms with van der Waals surface area (Å²) in [5, 5.41) is 0. The zero-order valence-electron chi connectivity index (χ0n) is 56.9. The van der Waals surface area contributed by atoms with Crippen LogP contribution in [0.2, 0.25) is 0 Å². The van der Waals surface area contributed by atoms with E-state index in [0.717, 1.165) is 85.4 Å². The summed E-state index contributed by atoms with van der Waals surface area (Å²) < 4.78 is 7.48. The third kappa shape index (κ3) is 7.40. The van der Waals surface area contributed by atoms with Crippen molar-refractivity contribution < 1.29 is 4.74 Å². The number of aryl methyl sites for hydroxylation is 2. The quantitative estimate of drug-likeness (QED) is 0.152. The molecule has 104 heavy (non-hydrogen) atoms. The van der Waals surface area contributed by atoms with Crippen LogP contribution in [0, 0.1) is 13.8 Å². The second-order valence-corrected chi connectivity index (χ2v) is 29.2. The van der Waals surface area contributed by atoms with Gasteiger partial charge in [0.1, 0.15) is 0 Å². The van der Waals surface area contributed by atoms with Crippen molar-refractivity contribution in [1.29, 1.82) is 0 Å². The minimum Gasteiger partial charge on any atom is -0.453 e. The summed E-state index contributed by atoms with van der Waals surface area (Å²) in [5.41, 5.74) is 41.9. The number of para-hydroxylation sites is 10. The van der Waals surface area contributed by atoms with Crippen LogP contribution in [0.1, 0.15) is 11.1 Å². The Bertz CT molecular complexity index is 6270. The number of nitrogens with zero attached hydrogens (tertiary/aromatic N) is 7. The lowest BCUT2D eigenvalue weighted by molar-refractivity contribution is 0.478. The molecule has 0 radical (unpaired) electrons. The largest absolute Gasteiger partial charge is 0.453 e. The first-order valence-electron chi connectivity index (χ1n) is 36.4. The molecular weight excluding hydrogens is 1260 g/mol. The predicted octanol–water partition coefficient (Wildman–Crippen LogP) is 15.3. The maximum atomic E-state index is 7.48. The van der Waals surface area contributed by atoms with Crippen LogP contribution in [0.3, 0.4) is 0 Å². The summed E-state index contributed by atoms with van der Waals surface area (Å²) in [4.78, 5) is 18.1. The van der Waals surface area contributed by atoms with E-state index in [1.54, 1.807) is 0 Å². The van der Waals surface area contributed by atoms with E-state index in [0.29, 0.717) is 0 Å². The molecule has 15 aromatic rings. The molecule has 0 fully saturated rings. The summed E-state index contributed by atoms with van der Waals surface area (Å²) in [6.45, 7) is 3.85. The number of anilines is 21. The highest BCUT2D eigenvalue weighted by Crippen LogP contribution is 2.58. The van der Waals surface area contributed by atoms with E-state index in [4.69, 9.17) is 4.74 Å². The van der Waals surface area contributed by atoms with Crippen molar-refractivity contribution in [3.05, 3.63) is 333 Å². The molecule has 0 saturated carbocycles. The topological polar surface area (TPSA) is 31.9 Å². The first-order valence-corrected chi connectivity index (χ1v) is 36.4. The van der Waals surface area contributed by atoms with E-state index >= 15 is 0 Å². The molecule has 9 aliphatic heterocycles. The Morgan fingerprint density at radius 1 is 0.192 bits per heavy atom. The minimum absolute atomic E-state index is 0.109. The highest BCUT2D eigenvalue weighted by atomic mass is 16.5. The molecule has 0 aromatic heterocycles. The van der Waals surface area contributed by atoms with E-state index < -0.39 is 0 Å². The summed E-state index contributed by atoms with van der Waals surface area (Å²) in [6, 6.07) is 121. The van der Waals surface area contributed by atoms with Crippen molar-refractivity contribution in [2.24, 2.45) is 0 Å². The van der Waals surface area contributed by atoms with Crippen molar-refractivity contribution in [3.8, 4) is 11.5 Å². The number of rotatable bonds is 6. The third-order valence-electron chi connectivity index (χ3n) is 23.7. The predicted molar refractivity (Wildman–Crippen MR) is 437 cm³/mol. The lowest BCUT2D eigenvalue weighted by atomic mass is 9.27. The van der Waals surface area contributed by atoms with Gasteiger partial charge in [-0.15, -0.1) is 0 Å². The second kappa shape index (κ2) is 20.8. The fraction of sp³-hybridized carbons (Fsp3) is 0.0217. The number of benzene rings is 15. The fourth-order valence-corrected chi connectivity index (χ4v) is 20.0. The molecular formula is C92H59B4N7O. The smallest absolute Gasteiger partial charge is 0.252 e. The van der Waals surface area contributed by atoms with E-state index in [1.807, 2.05) is 0 Å². The average Bonchev–Trinajstić information content (AvgIpc) is 0.657. The van der Waals surface area contributed by atoms with Gasteiger partial charge in [-0.1, -0.05) is 176 Å². The van der Waals surface area contributed by atoms with Crippen LogP contribution in [-0.4, -0.2) is 26.9 Å². The van der Waals surface area contributed by atoms with Crippen molar-refractivity contribution in [2.45, 2.75) is 13.8 Å². The molecule has 0 N–H and O–H groups in total. The molecule has 9 aliphatic rings. The molecule has 0 aliphatic carbocycles. The van der Waals surface area contributed by atoms with Gasteiger partial charge in [0.15, 0.2) is 11.5 Å². The summed E-state index contributed by atoms with van der Waals surface area (Å²) in [6.07, 6.45) is 0. The van der Waals surface area contributed by atoms with Crippen molar-refractivity contribution in [3.63, 3.8) is 0 Å². The van der Waals surface area contributed by atoms with Crippen LogP contribution in [0.4, 0.5) is 119 Å². The zero-order chi connectivity index (χ0) is 67.9. The number of hydrogen-bond acceptors (Lipinski definition) is 8. The number of ether oxygens (including phenoxy) is 1. The zero-order valence-corrected chi connectivity index (χ0v) is 56.9. The lowest BCUT2D eigenvalue weighted by Crippen LogP contribution is -2.70. The number of hydrogen-bond donors (Lipinski definition) is 0. The molecule has 8 nitrogen and oxygen atoms in total. The van der Waals surface area contributed by atoms with Crippen LogP contribution in [0.15, 0.2) is 322 Å². The average molecular weight is 1320 g/mol. The third-order valence-corrected chi connectivity index (χ3v) is 23.7. The van der Waals surface area contributed by atoms with Gasteiger partial charge in [0.2, 0.25) is 0 Å². The molecule has 0 atom stereocenters. The fourth-order valence-electron chi connectivity index (χ4n) is 20.0. The lowest BCUT2D eigenvalue weighted by Gasteiger charge is -2.53. The highest BCUT2D eigenvalue weighted by Gasteiger charge is 2.56. The molecule has 12 heteroatoms. The summed E-state index contributed by atoms with van der Waals surface area (Å²) in [7, 11) is 0. The van der Waals surface area contributed by atoms with Gasteiger partial charge in [-0.3, -0.25) is 0 Å².